The van der Waals surface area contributed by atoms with Crippen LogP contribution in [0.2, 0.25) is 0 Å². The topological polar surface area (TPSA) is 29.9 Å². The van der Waals surface area contributed by atoms with Crippen molar-refractivity contribution in [2.75, 3.05) is 6.54 Å². The van der Waals surface area contributed by atoms with E-state index in [1.54, 1.807) is 0 Å². The molecule has 3 nitrogen and oxygen atoms in total. The zero-order chi connectivity index (χ0) is 13.7. The van der Waals surface area contributed by atoms with Crippen LogP contribution >= 0.6 is 0 Å². The molecule has 19 heavy (non-hydrogen) atoms. The molecule has 2 rings (SSSR count). The highest BCUT2D eigenvalue weighted by Gasteiger charge is 2.06. The van der Waals surface area contributed by atoms with Gasteiger partial charge in [-0.2, -0.15) is 5.10 Å². The quantitative estimate of drug-likeness (QED) is 0.862. The van der Waals surface area contributed by atoms with E-state index in [-0.39, 0.29) is 0 Å². The van der Waals surface area contributed by atoms with Crippen LogP contribution in [0.25, 0.3) is 0 Å². The molecule has 0 radical (unpaired) electrons. The number of aryl methyl sites for hydroxylation is 2. The molecule has 3 heteroatoms. The normalized spacial score (nSPS) is 12.6. The Hall–Kier alpha value is -1.61. The Bertz CT molecular complexity index is 502. The Labute approximate surface area is 115 Å². The fourth-order valence-electron chi connectivity index (χ4n) is 2.23. The second kappa shape index (κ2) is 6.53. The molecule has 0 bridgehead atoms. The van der Waals surface area contributed by atoms with Gasteiger partial charge >= 0.3 is 0 Å². The fourth-order valence-corrected chi connectivity index (χ4v) is 2.23. The second-order valence-electron chi connectivity index (χ2n) is 5.05. The summed E-state index contributed by atoms with van der Waals surface area (Å²) in [6, 6.07) is 12.8. The molecule has 1 heterocycles. The SMILES string of the molecule is CCc1cc(CNCC(C)c2ccccc2)n(C)n1. The van der Waals surface area contributed by atoms with Crippen LogP contribution in [0.15, 0.2) is 36.4 Å². The van der Waals surface area contributed by atoms with Gasteiger partial charge in [-0.15, -0.1) is 0 Å². The van der Waals surface area contributed by atoms with Gasteiger partial charge in [-0.1, -0.05) is 44.2 Å². The van der Waals surface area contributed by atoms with Gasteiger partial charge in [0.2, 0.25) is 0 Å². The van der Waals surface area contributed by atoms with Crippen LogP contribution in [0.3, 0.4) is 0 Å². The minimum absolute atomic E-state index is 0.528. The van der Waals surface area contributed by atoms with Crippen molar-refractivity contribution >= 4 is 0 Å². The lowest BCUT2D eigenvalue weighted by molar-refractivity contribution is 0.583. The first-order valence-corrected chi connectivity index (χ1v) is 6.98. The largest absolute Gasteiger partial charge is 0.311 e. The van der Waals surface area contributed by atoms with Crippen LogP contribution in [-0.4, -0.2) is 16.3 Å². The smallest absolute Gasteiger partial charge is 0.0625 e. The van der Waals surface area contributed by atoms with Crippen molar-refractivity contribution in [1.29, 1.82) is 0 Å². The van der Waals surface area contributed by atoms with Gasteiger partial charge in [0.1, 0.15) is 0 Å². The van der Waals surface area contributed by atoms with Gasteiger partial charge in [0.15, 0.2) is 0 Å². The van der Waals surface area contributed by atoms with Gasteiger partial charge in [0.25, 0.3) is 0 Å². The first-order chi connectivity index (χ1) is 9.20. The molecule has 0 aliphatic rings. The van der Waals surface area contributed by atoms with E-state index >= 15 is 0 Å². The number of benzene rings is 1. The minimum atomic E-state index is 0.528. The molecule has 1 unspecified atom stereocenters. The van der Waals surface area contributed by atoms with E-state index in [0.29, 0.717) is 5.92 Å². The first-order valence-electron chi connectivity index (χ1n) is 6.98. The van der Waals surface area contributed by atoms with Crippen molar-refractivity contribution in [1.82, 2.24) is 15.1 Å². The predicted molar refractivity (Wildman–Crippen MR) is 79.1 cm³/mol. The maximum atomic E-state index is 4.46. The molecular formula is C16H23N3. The summed E-state index contributed by atoms with van der Waals surface area (Å²) in [5.41, 5.74) is 3.79. The van der Waals surface area contributed by atoms with Gasteiger partial charge in [-0.05, 0) is 24.0 Å². The van der Waals surface area contributed by atoms with E-state index in [1.807, 2.05) is 11.7 Å². The number of rotatable bonds is 6. The first kappa shape index (κ1) is 13.8. The summed E-state index contributed by atoms with van der Waals surface area (Å²) >= 11 is 0. The summed E-state index contributed by atoms with van der Waals surface area (Å²) in [4.78, 5) is 0. The van der Waals surface area contributed by atoms with E-state index in [9.17, 15) is 0 Å². The van der Waals surface area contributed by atoms with Gasteiger partial charge in [0.05, 0.1) is 11.4 Å². The third kappa shape index (κ3) is 3.67. The van der Waals surface area contributed by atoms with Crippen molar-refractivity contribution in [3.05, 3.63) is 53.3 Å². The summed E-state index contributed by atoms with van der Waals surface area (Å²) in [5.74, 6) is 0.528. The third-order valence-corrected chi connectivity index (χ3v) is 3.51. The molecule has 1 N–H and O–H groups in total. The van der Waals surface area contributed by atoms with E-state index in [2.05, 4.69) is 60.7 Å². The zero-order valence-corrected chi connectivity index (χ0v) is 12.1. The molecule has 1 aromatic carbocycles. The molecule has 0 fully saturated rings. The number of nitrogens with one attached hydrogen (secondary N) is 1. The average molecular weight is 257 g/mol. The van der Waals surface area contributed by atoms with Crippen LogP contribution in [-0.2, 0) is 20.0 Å². The fraction of sp³-hybridized carbons (Fsp3) is 0.438. The molecule has 1 aromatic heterocycles. The molecule has 102 valence electrons. The number of nitrogens with zero attached hydrogens (tertiary/aromatic N) is 2. The Balaban J connectivity index is 1.84. The summed E-state index contributed by atoms with van der Waals surface area (Å²) in [6.45, 7) is 6.25. The number of aromatic nitrogens is 2. The molecule has 0 aliphatic carbocycles. The van der Waals surface area contributed by atoms with Crippen LogP contribution in [0.4, 0.5) is 0 Å². The van der Waals surface area contributed by atoms with Gasteiger partial charge in [-0.25, -0.2) is 0 Å². The highest BCUT2D eigenvalue weighted by molar-refractivity contribution is 5.19. The molecule has 2 aromatic rings. The standard InChI is InChI=1S/C16H23N3/c1-4-15-10-16(19(3)18-15)12-17-11-13(2)14-8-6-5-7-9-14/h5-10,13,17H,4,11-12H2,1-3H3. The molecule has 1 atom stereocenters. The molecule has 0 saturated carbocycles. The van der Waals surface area contributed by atoms with Crippen molar-refractivity contribution in [2.24, 2.45) is 7.05 Å². The summed E-state index contributed by atoms with van der Waals surface area (Å²) in [5, 5.41) is 7.98. The lowest BCUT2D eigenvalue weighted by Gasteiger charge is -2.13. The number of hydrogen-bond acceptors (Lipinski definition) is 2. The van der Waals surface area contributed by atoms with E-state index < -0.39 is 0 Å². The Kier molecular flexibility index (Phi) is 4.74. The number of hydrogen-bond donors (Lipinski definition) is 1. The average Bonchev–Trinajstić information content (AvgIpc) is 2.80. The van der Waals surface area contributed by atoms with Gasteiger partial charge < -0.3 is 5.32 Å². The van der Waals surface area contributed by atoms with E-state index in [1.165, 1.54) is 11.3 Å². The Morgan fingerprint density at radius 1 is 1.26 bits per heavy atom. The molecular weight excluding hydrogens is 234 g/mol. The maximum Gasteiger partial charge on any atom is 0.0625 e. The van der Waals surface area contributed by atoms with Crippen LogP contribution < -0.4 is 5.32 Å². The summed E-state index contributed by atoms with van der Waals surface area (Å²) in [6.07, 6.45) is 0.994. The van der Waals surface area contributed by atoms with Crippen LogP contribution in [0.1, 0.15) is 36.7 Å². The highest BCUT2D eigenvalue weighted by atomic mass is 15.3. The van der Waals surface area contributed by atoms with E-state index in [4.69, 9.17) is 0 Å². The molecule has 0 saturated heterocycles. The van der Waals surface area contributed by atoms with Crippen LogP contribution in [0, 0.1) is 0 Å². The van der Waals surface area contributed by atoms with Crippen LogP contribution in [0.5, 0.6) is 0 Å². The van der Waals surface area contributed by atoms with Gasteiger partial charge in [0, 0.05) is 20.1 Å². The highest BCUT2D eigenvalue weighted by Crippen LogP contribution is 2.13. The summed E-state index contributed by atoms with van der Waals surface area (Å²) < 4.78 is 1.97. The van der Waals surface area contributed by atoms with Crippen molar-refractivity contribution in [3.8, 4) is 0 Å². The van der Waals surface area contributed by atoms with Crippen molar-refractivity contribution < 1.29 is 0 Å². The van der Waals surface area contributed by atoms with E-state index in [0.717, 1.165) is 25.2 Å². The van der Waals surface area contributed by atoms with Crippen molar-refractivity contribution in [2.45, 2.75) is 32.7 Å². The zero-order valence-electron chi connectivity index (χ0n) is 12.1. The summed E-state index contributed by atoms with van der Waals surface area (Å²) in [7, 11) is 2.01. The molecule has 0 amide bonds. The molecule has 0 aliphatic heterocycles. The predicted octanol–water partition coefficient (Wildman–Crippen LogP) is 2.88. The third-order valence-electron chi connectivity index (χ3n) is 3.51. The Morgan fingerprint density at radius 3 is 2.63 bits per heavy atom. The van der Waals surface area contributed by atoms with Crippen molar-refractivity contribution in [3.63, 3.8) is 0 Å². The van der Waals surface area contributed by atoms with Gasteiger partial charge in [-0.3, -0.25) is 4.68 Å². The minimum Gasteiger partial charge on any atom is -0.311 e. The monoisotopic (exact) mass is 257 g/mol. The maximum absolute atomic E-state index is 4.46. The Morgan fingerprint density at radius 2 is 2.00 bits per heavy atom. The lowest BCUT2D eigenvalue weighted by Crippen LogP contribution is -2.21. The second-order valence-corrected chi connectivity index (χ2v) is 5.05. The molecule has 0 spiro atoms. The lowest BCUT2D eigenvalue weighted by atomic mass is 10.0.